The van der Waals surface area contributed by atoms with Gasteiger partial charge in [-0.3, -0.25) is 4.79 Å². The second kappa shape index (κ2) is 7.56. The zero-order valence-electron chi connectivity index (χ0n) is 11.8. The van der Waals surface area contributed by atoms with E-state index in [9.17, 15) is 9.18 Å². The molecule has 0 aliphatic carbocycles. The van der Waals surface area contributed by atoms with Crippen LogP contribution in [0.15, 0.2) is 53.6 Å². The first-order valence-electron chi connectivity index (χ1n) is 6.52. The summed E-state index contributed by atoms with van der Waals surface area (Å²) in [6.07, 6.45) is 0. The molecule has 0 saturated heterocycles. The van der Waals surface area contributed by atoms with Gasteiger partial charge < -0.3 is 4.74 Å². The molecule has 0 aliphatic rings. The van der Waals surface area contributed by atoms with Crippen LogP contribution in [-0.2, 0) is 4.79 Å². The highest BCUT2D eigenvalue weighted by atomic mass is 35.5. The third-order valence-electron chi connectivity index (χ3n) is 2.77. The number of ether oxygens (including phenoxy) is 1. The minimum absolute atomic E-state index is 0.179. The van der Waals surface area contributed by atoms with Crippen molar-refractivity contribution in [2.75, 3.05) is 6.61 Å². The van der Waals surface area contributed by atoms with Crippen LogP contribution in [0.5, 0.6) is 5.75 Å². The van der Waals surface area contributed by atoms with E-state index in [-0.39, 0.29) is 12.4 Å². The van der Waals surface area contributed by atoms with Crippen molar-refractivity contribution in [3.05, 3.63) is 64.9 Å². The van der Waals surface area contributed by atoms with E-state index in [2.05, 4.69) is 10.5 Å². The van der Waals surface area contributed by atoms with E-state index in [0.717, 1.165) is 0 Å². The Labute approximate surface area is 132 Å². The number of carbonyl (C=O) groups excluding carboxylic acids is 1. The molecule has 0 aliphatic heterocycles. The molecule has 0 fully saturated rings. The summed E-state index contributed by atoms with van der Waals surface area (Å²) in [6.45, 7) is 1.50. The van der Waals surface area contributed by atoms with Crippen LogP contribution in [0.4, 0.5) is 4.39 Å². The maximum Gasteiger partial charge on any atom is 0.277 e. The predicted molar refractivity (Wildman–Crippen MR) is 83.7 cm³/mol. The summed E-state index contributed by atoms with van der Waals surface area (Å²) in [6, 6.07) is 12.6. The zero-order chi connectivity index (χ0) is 15.9. The molecule has 0 spiro atoms. The Balaban J connectivity index is 1.86. The van der Waals surface area contributed by atoms with E-state index in [1.807, 2.05) is 0 Å². The summed E-state index contributed by atoms with van der Waals surface area (Å²) >= 11 is 5.75. The van der Waals surface area contributed by atoms with Gasteiger partial charge in [-0.1, -0.05) is 23.7 Å². The number of nitrogens with one attached hydrogen (secondary N) is 1. The summed E-state index contributed by atoms with van der Waals surface area (Å²) < 4.78 is 18.4. The quantitative estimate of drug-likeness (QED) is 0.678. The van der Waals surface area contributed by atoms with Gasteiger partial charge in [0.25, 0.3) is 5.91 Å². The average Bonchev–Trinajstić information content (AvgIpc) is 2.52. The number of halogens is 2. The minimum atomic E-state index is -0.411. The van der Waals surface area contributed by atoms with Crippen molar-refractivity contribution in [2.45, 2.75) is 6.92 Å². The monoisotopic (exact) mass is 320 g/mol. The lowest BCUT2D eigenvalue weighted by Crippen LogP contribution is -2.25. The Hall–Kier alpha value is -2.40. The Morgan fingerprint density at radius 1 is 1.27 bits per heavy atom. The molecule has 2 aromatic carbocycles. The molecule has 0 unspecified atom stereocenters. The molecule has 0 aromatic heterocycles. The fourth-order valence-electron chi connectivity index (χ4n) is 1.64. The van der Waals surface area contributed by atoms with E-state index < -0.39 is 5.91 Å². The van der Waals surface area contributed by atoms with Crippen LogP contribution in [0.3, 0.4) is 0 Å². The number of hydrazone groups is 1. The molecule has 22 heavy (non-hydrogen) atoms. The first kappa shape index (κ1) is 16.0. The van der Waals surface area contributed by atoms with Crippen LogP contribution in [-0.4, -0.2) is 18.2 Å². The summed E-state index contributed by atoms with van der Waals surface area (Å²) in [5.41, 5.74) is 3.45. The maximum absolute atomic E-state index is 13.1. The Morgan fingerprint density at radius 2 is 2.00 bits per heavy atom. The molecule has 0 saturated carbocycles. The number of hydrogen-bond acceptors (Lipinski definition) is 3. The Kier molecular flexibility index (Phi) is 5.49. The van der Waals surface area contributed by atoms with Crippen LogP contribution in [0.1, 0.15) is 12.5 Å². The average molecular weight is 321 g/mol. The zero-order valence-corrected chi connectivity index (χ0v) is 12.6. The Bertz CT molecular complexity index is 687. The lowest BCUT2D eigenvalue weighted by Gasteiger charge is -2.06. The normalized spacial score (nSPS) is 11.1. The van der Waals surface area contributed by atoms with Gasteiger partial charge in [-0.25, -0.2) is 9.82 Å². The molecule has 4 nitrogen and oxygen atoms in total. The topological polar surface area (TPSA) is 50.7 Å². The molecule has 2 rings (SSSR count). The SMILES string of the molecule is C/C(=N\NC(=O)COc1ccc(Cl)cc1)c1cccc(F)c1. The van der Waals surface area contributed by atoms with Gasteiger partial charge in [0.1, 0.15) is 11.6 Å². The van der Waals surface area contributed by atoms with Gasteiger partial charge in [0.05, 0.1) is 5.71 Å². The van der Waals surface area contributed by atoms with Crippen molar-refractivity contribution in [3.8, 4) is 5.75 Å². The summed E-state index contributed by atoms with van der Waals surface area (Å²) in [4.78, 5) is 11.6. The number of hydrogen-bond donors (Lipinski definition) is 1. The van der Waals surface area contributed by atoms with Gasteiger partial charge in [-0.15, -0.1) is 0 Å². The van der Waals surface area contributed by atoms with Gasteiger partial charge in [-0.05, 0) is 43.3 Å². The van der Waals surface area contributed by atoms with Crippen molar-refractivity contribution < 1.29 is 13.9 Å². The second-order valence-corrected chi connectivity index (χ2v) is 4.92. The molecule has 0 bridgehead atoms. The van der Waals surface area contributed by atoms with Gasteiger partial charge in [0.15, 0.2) is 6.61 Å². The first-order chi connectivity index (χ1) is 10.5. The van der Waals surface area contributed by atoms with Crippen LogP contribution < -0.4 is 10.2 Å². The predicted octanol–water partition coefficient (Wildman–Crippen LogP) is 3.40. The lowest BCUT2D eigenvalue weighted by atomic mass is 10.1. The number of amides is 1. The Morgan fingerprint density at radius 3 is 2.68 bits per heavy atom. The first-order valence-corrected chi connectivity index (χ1v) is 6.90. The lowest BCUT2D eigenvalue weighted by molar-refractivity contribution is -0.123. The van der Waals surface area contributed by atoms with Gasteiger partial charge in [0.2, 0.25) is 0 Å². The maximum atomic E-state index is 13.1. The van der Waals surface area contributed by atoms with E-state index >= 15 is 0 Å². The molecule has 1 amide bonds. The van der Waals surface area contributed by atoms with Crippen molar-refractivity contribution in [1.82, 2.24) is 5.43 Å². The number of rotatable bonds is 5. The molecule has 2 aromatic rings. The molecule has 1 N–H and O–H groups in total. The molecule has 0 atom stereocenters. The van der Waals surface area contributed by atoms with E-state index in [4.69, 9.17) is 16.3 Å². The van der Waals surface area contributed by atoms with Gasteiger partial charge >= 0.3 is 0 Å². The van der Waals surface area contributed by atoms with Crippen molar-refractivity contribution >= 4 is 23.2 Å². The van der Waals surface area contributed by atoms with Crippen LogP contribution in [0, 0.1) is 5.82 Å². The van der Waals surface area contributed by atoms with Crippen LogP contribution >= 0.6 is 11.6 Å². The van der Waals surface area contributed by atoms with Crippen molar-refractivity contribution in [1.29, 1.82) is 0 Å². The third-order valence-corrected chi connectivity index (χ3v) is 3.03. The highest BCUT2D eigenvalue weighted by molar-refractivity contribution is 6.30. The highest BCUT2D eigenvalue weighted by Gasteiger charge is 2.03. The number of nitrogens with zero attached hydrogens (tertiary/aromatic N) is 1. The summed E-state index contributed by atoms with van der Waals surface area (Å²) in [5.74, 6) is -0.236. The molecule has 0 heterocycles. The number of benzene rings is 2. The van der Waals surface area contributed by atoms with E-state index in [1.165, 1.54) is 12.1 Å². The van der Waals surface area contributed by atoms with Crippen molar-refractivity contribution in [2.24, 2.45) is 5.10 Å². The van der Waals surface area contributed by atoms with Gasteiger partial charge in [-0.2, -0.15) is 5.10 Å². The van der Waals surface area contributed by atoms with E-state index in [0.29, 0.717) is 22.0 Å². The van der Waals surface area contributed by atoms with Crippen LogP contribution in [0.25, 0.3) is 0 Å². The molecular weight excluding hydrogens is 307 g/mol. The standard InChI is InChI=1S/C16H14ClFN2O2/c1-11(12-3-2-4-14(18)9-12)19-20-16(21)10-22-15-7-5-13(17)6-8-15/h2-9H,10H2,1H3,(H,20,21)/b19-11+. The largest absolute Gasteiger partial charge is 0.484 e. The smallest absolute Gasteiger partial charge is 0.277 e. The van der Waals surface area contributed by atoms with Crippen LogP contribution in [0.2, 0.25) is 5.02 Å². The number of carbonyl (C=O) groups is 1. The fourth-order valence-corrected chi connectivity index (χ4v) is 1.76. The summed E-state index contributed by atoms with van der Waals surface area (Å²) in [5, 5.41) is 4.50. The van der Waals surface area contributed by atoms with Gasteiger partial charge in [0, 0.05) is 10.6 Å². The molecule has 6 heteroatoms. The third kappa shape index (κ3) is 4.86. The van der Waals surface area contributed by atoms with E-state index in [1.54, 1.807) is 43.3 Å². The van der Waals surface area contributed by atoms with Crippen molar-refractivity contribution in [3.63, 3.8) is 0 Å². The minimum Gasteiger partial charge on any atom is -0.484 e. The molecule has 114 valence electrons. The fraction of sp³-hybridized carbons (Fsp3) is 0.125. The molecular formula is C16H14ClFN2O2. The highest BCUT2D eigenvalue weighted by Crippen LogP contribution is 2.15. The summed E-state index contributed by atoms with van der Waals surface area (Å²) in [7, 11) is 0. The molecule has 0 radical (unpaired) electrons. The second-order valence-electron chi connectivity index (χ2n) is 4.49.